The van der Waals surface area contributed by atoms with Crippen LogP contribution in [0.1, 0.15) is 20.8 Å². The van der Waals surface area contributed by atoms with Gasteiger partial charge in [-0.15, -0.1) is 0 Å². The first kappa shape index (κ1) is 18.8. The van der Waals surface area contributed by atoms with E-state index < -0.39 is 54.6 Å². The van der Waals surface area contributed by atoms with Crippen molar-refractivity contribution >= 4 is 23.9 Å². The van der Waals surface area contributed by atoms with Crippen molar-refractivity contribution in [1.29, 1.82) is 0 Å². The van der Waals surface area contributed by atoms with E-state index in [9.17, 15) is 24.3 Å². The van der Waals surface area contributed by atoms with E-state index in [4.69, 9.17) is 18.9 Å². The summed E-state index contributed by atoms with van der Waals surface area (Å²) in [4.78, 5) is 45.5. The van der Waals surface area contributed by atoms with Gasteiger partial charge >= 0.3 is 23.9 Å². The van der Waals surface area contributed by atoms with Crippen molar-refractivity contribution in [2.24, 2.45) is 0 Å². The van der Waals surface area contributed by atoms with Gasteiger partial charge in [-0.2, -0.15) is 0 Å². The Morgan fingerprint density at radius 1 is 0.826 bits per heavy atom. The predicted molar refractivity (Wildman–Crippen MR) is 69.6 cm³/mol. The summed E-state index contributed by atoms with van der Waals surface area (Å²) in [7, 11) is 1.06. The lowest BCUT2D eigenvalue weighted by molar-refractivity contribution is -0.289. The predicted octanol–water partition coefficient (Wildman–Crippen LogP) is -1.33. The van der Waals surface area contributed by atoms with E-state index >= 15 is 0 Å². The number of hydrogen-bond donors (Lipinski definition) is 1. The molecule has 1 N–H and O–H groups in total. The normalized spacial score (nSPS) is 30.0. The van der Waals surface area contributed by atoms with Gasteiger partial charge in [0.2, 0.25) is 0 Å². The Morgan fingerprint density at radius 3 is 1.70 bits per heavy atom. The van der Waals surface area contributed by atoms with E-state index in [-0.39, 0.29) is 0 Å². The number of rotatable bonds is 4. The number of carbonyl (C=O) groups is 4. The third-order valence-corrected chi connectivity index (χ3v) is 2.85. The van der Waals surface area contributed by atoms with E-state index in [0.717, 1.165) is 27.9 Å². The summed E-state index contributed by atoms with van der Waals surface area (Å²) in [5.74, 6) is -3.37. The van der Waals surface area contributed by atoms with Gasteiger partial charge < -0.3 is 28.8 Å². The minimum absolute atomic E-state index is 0.798. The highest BCUT2D eigenvalue weighted by Crippen LogP contribution is 2.28. The van der Waals surface area contributed by atoms with Crippen LogP contribution in [0.2, 0.25) is 0 Å². The highest BCUT2D eigenvalue weighted by molar-refractivity contribution is 5.77. The number of aliphatic hydroxyl groups is 1. The SMILES string of the molecule is COC(=O)C1O[C@@H](O)C(OC(C)=O)[C@H](OC(C)=O)[C@@H]1OC(C)=O. The van der Waals surface area contributed by atoms with Crippen molar-refractivity contribution in [3.05, 3.63) is 0 Å². The fourth-order valence-electron chi connectivity index (χ4n) is 2.10. The Morgan fingerprint density at radius 2 is 1.26 bits per heavy atom. The van der Waals surface area contributed by atoms with Gasteiger partial charge in [-0.25, -0.2) is 4.79 Å². The van der Waals surface area contributed by atoms with E-state index in [1.807, 2.05) is 0 Å². The molecule has 130 valence electrons. The minimum Gasteiger partial charge on any atom is -0.467 e. The van der Waals surface area contributed by atoms with Gasteiger partial charge in [-0.05, 0) is 0 Å². The van der Waals surface area contributed by atoms with Gasteiger partial charge in [0, 0.05) is 20.8 Å². The molecule has 0 aromatic carbocycles. The summed E-state index contributed by atoms with van der Waals surface area (Å²) < 4.78 is 24.3. The average Bonchev–Trinajstić information content (AvgIpc) is 2.43. The second-order valence-corrected chi connectivity index (χ2v) is 4.69. The molecule has 0 spiro atoms. The van der Waals surface area contributed by atoms with E-state index in [1.165, 1.54) is 0 Å². The molecule has 10 heteroatoms. The van der Waals surface area contributed by atoms with Crippen LogP contribution in [0.4, 0.5) is 0 Å². The molecule has 1 aliphatic heterocycles. The van der Waals surface area contributed by atoms with Crippen LogP contribution < -0.4 is 0 Å². The Balaban J connectivity index is 3.21. The molecule has 1 heterocycles. The van der Waals surface area contributed by atoms with Crippen LogP contribution in [0.25, 0.3) is 0 Å². The molecular formula is C13H18O10. The van der Waals surface area contributed by atoms with Gasteiger partial charge in [0.25, 0.3) is 0 Å². The van der Waals surface area contributed by atoms with Crippen molar-refractivity contribution in [3.63, 3.8) is 0 Å². The monoisotopic (exact) mass is 334 g/mol. The molecule has 1 saturated heterocycles. The Hall–Kier alpha value is -2.20. The van der Waals surface area contributed by atoms with Crippen LogP contribution in [0.15, 0.2) is 0 Å². The molecule has 1 aliphatic rings. The zero-order valence-electron chi connectivity index (χ0n) is 13.0. The zero-order valence-corrected chi connectivity index (χ0v) is 13.0. The summed E-state index contributed by atoms with van der Waals surface area (Å²) >= 11 is 0. The molecule has 0 saturated carbocycles. The van der Waals surface area contributed by atoms with Crippen molar-refractivity contribution in [2.45, 2.75) is 51.5 Å². The molecule has 2 unspecified atom stereocenters. The number of esters is 4. The largest absolute Gasteiger partial charge is 0.467 e. The van der Waals surface area contributed by atoms with Crippen LogP contribution in [0.5, 0.6) is 0 Å². The molecule has 0 radical (unpaired) electrons. The number of aliphatic hydroxyl groups excluding tert-OH is 1. The summed E-state index contributed by atoms with van der Waals surface area (Å²) in [5.41, 5.74) is 0. The van der Waals surface area contributed by atoms with Crippen molar-refractivity contribution in [3.8, 4) is 0 Å². The number of carbonyl (C=O) groups excluding carboxylic acids is 4. The smallest absolute Gasteiger partial charge is 0.339 e. The first-order valence-corrected chi connectivity index (χ1v) is 6.60. The third-order valence-electron chi connectivity index (χ3n) is 2.85. The molecule has 23 heavy (non-hydrogen) atoms. The van der Waals surface area contributed by atoms with Crippen LogP contribution in [0.3, 0.4) is 0 Å². The fraction of sp³-hybridized carbons (Fsp3) is 0.692. The molecule has 0 aromatic rings. The lowest BCUT2D eigenvalue weighted by Gasteiger charge is -2.41. The van der Waals surface area contributed by atoms with Gasteiger partial charge in [-0.3, -0.25) is 14.4 Å². The maximum atomic E-state index is 11.8. The van der Waals surface area contributed by atoms with Crippen molar-refractivity contribution in [2.75, 3.05) is 7.11 Å². The summed E-state index contributed by atoms with van der Waals surface area (Å²) in [6.45, 7) is 3.18. The number of ether oxygens (including phenoxy) is 5. The van der Waals surface area contributed by atoms with Gasteiger partial charge in [0.1, 0.15) is 0 Å². The second kappa shape index (κ2) is 7.88. The summed E-state index contributed by atoms with van der Waals surface area (Å²) in [6.07, 6.45) is -7.75. The highest BCUT2D eigenvalue weighted by Gasteiger charge is 2.54. The van der Waals surface area contributed by atoms with Crippen LogP contribution in [-0.2, 0) is 42.9 Å². The van der Waals surface area contributed by atoms with Gasteiger partial charge in [0.05, 0.1) is 7.11 Å². The molecule has 5 atom stereocenters. The van der Waals surface area contributed by atoms with Gasteiger partial charge in [-0.1, -0.05) is 0 Å². The topological polar surface area (TPSA) is 135 Å². The molecular weight excluding hydrogens is 316 g/mol. The molecule has 0 bridgehead atoms. The standard InChI is InChI=1S/C13H18O10/c1-5(14)20-8-9(21-6(2)15)11(22-7(3)16)13(18)23-10(8)12(17)19-4/h8-11,13,18H,1-4H3/t8-,9+,10?,11?,13+/m0/s1. The number of methoxy groups -OCH3 is 1. The first-order valence-electron chi connectivity index (χ1n) is 6.60. The quantitative estimate of drug-likeness (QED) is 0.486. The molecule has 1 rings (SSSR count). The van der Waals surface area contributed by atoms with E-state index in [2.05, 4.69) is 4.74 Å². The average molecular weight is 334 g/mol. The van der Waals surface area contributed by atoms with E-state index in [1.54, 1.807) is 0 Å². The minimum atomic E-state index is -1.79. The maximum Gasteiger partial charge on any atom is 0.339 e. The molecule has 10 nitrogen and oxygen atoms in total. The third kappa shape index (κ3) is 4.89. The summed E-state index contributed by atoms with van der Waals surface area (Å²) in [6, 6.07) is 0. The maximum absolute atomic E-state index is 11.8. The molecule has 1 fully saturated rings. The van der Waals surface area contributed by atoms with Crippen molar-refractivity contribution in [1.82, 2.24) is 0 Å². The highest BCUT2D eigenvalue weighted by atomic mass is 16.7. The van der Waals surface area contributed by atoms with Crippen LogP contribution in [0, 0.1) is 0 Å². The molecule has 0 aliphatic carbocycles. The van der Waals surface area contributed by atoms with Crippen LogP contribution >= 0.6 is 0 Å². The lowest BCUT2D eigenvalue weighted by Crippen LogP contribution is -2.63. The Bertz CT molecular complexity index is 487. The van der Waals surface area contributed by atoms with Gasteiger partial charge in [0.15, 0.2) is 30.7 Å². The Kier molecular flexibility index (Phi) is 6.46. The molecule has 0 amide bonds. The van der Waals surface area contributed by atoms with E-state index in [0.29, 0.717) is 0 Å². The first-order chi connectivity index (χ1) is 10.7. The van der Waals surface area contributed by atoms with Crippen LogP contribution in [-0.4, -0.2) is 66.8 Å². The molecule has 0 aromatic heterocycles. The van der Waals surface area contributed by atoms with Crippen molar-refractivity contribution < 1.29 is 48.0 Å². The lowest BCUT2D eigenvalue weighted by atomic mass is 9.98. The second-order valence-electron chi connectivity index (χ2n) is 4.69. The number of hydrogen-bond acceptors (Lipinski definition) is 10. The fourth-order valence-corrected chi connectivity index (χ4v) is 2.10. The zero-order chi connectivity index (χ0) is 17.7. The summed E-state index contributed by atoms with van der Waals surface area (Å²) in [5, 5.41) is 9.93. The Labute approximate surface area is 131 Å².